The number of amides is 2. The van der Waals surface area contributed by atoms with Crippen LogP contribution in [0.2, 0.25) is 0 Å². The number of carbonyl (C=O) groups is 2. The van der Waals surface area contributed by atoms with Crippen LogP contribution in [-0.4, -0.2) is 62.8 Å². The maximum Gasteiger partial charge on any atom is 0.329 e. The number of methoxy groups -OCH3 is 1. The molecule has 31 heavy (non-hydrogen) atoms. The Bertz CT molecular complexity index is 952. The van der Waals surface area contributed by atoms with Crippen LogP contribution in [0.1, 0.15) is 5.56 Å². The monoisotopic (exact) mass is 422 g/mol. The molecule has 2 amide bonds. The van der Waals surface area contributed by atoms with Crippen molar-refractivity contribution in [1.82, 2.24) is 10.3 Å². The summed E-state index contributed by atoms with van der Waals surface area (Å²) in [6.07, 6.45) is 3.12. The zero-order valence-electron chi connectivity index (χ0n) is 17.5. The molecule has 0 spiro atoms. The molecule has 0 bridgehead atoms. The van der Waals surface area contributed by atoms with Crippen molar-refractivity contribution in [3.8, 4) is 11.5 Å². The number of ether oxygens (including phenoxy) is 2. The summed E-state index contributed by atoms with van der Waals surface area (Å²) in [7, 11) is 1.63. The van der Waals surface area contributed by atoms with Crippen LogP contribution in [0.25, 0.3) is 0 Å². The first kappa shape index (κ1) is 21.9. The van der Waals surface area contributed by atoms with Gasteiger partial charge in [-0.3, -0.25) is 9.59 Å². The molecule has 162 valence electrons. The molecule has 0 aliphatic carbocycles. The number of para-hydroxylation sites is 2. The second-order valence-electron chi connectivity index (χ2n) is 6.82. The predicted molar refractivity (Wildman–Crippen MR) is 120 cm³/mol. The van der Waals surface area contributed by atoms with E-state index in [4.69, 9.17) is 9.47 Å². The zero-order chi connectivity index (χ0) is 22.1. The summed E-state index contributed by atoms with van der Waals surface area (Å²) in [5.74, 6) is 0.0911. The van der Waals surface area contributed by atoms with Crippen molar-refractivity contribution >= 4 is 23.7 Å². The van der Waals surface area contributed by atoms with E-state index in [-0.39, 0.29) is 0 Å². The van der Waals surface area contributed by atoms with Gasteiger partial charge in [0.2, 0.25) is 0 Å². The molecule has 0 unspecified atom stereocenters. The summed E-state index contributed by atoms with van der Waals surface area (Å²) < 4.78 is 10.9. The van der Waals surface area contributed by atoms with E-state index in [9.17, 15) is 9.59 Å². The fraction of sp³-hybridized carbons (Fsp3) is 0.261. The van der Waals surface area contributed by atoms with Crippen LogP contribution in [0.3, 0.4) is 0 Å². The van der Waals surface area contributed by atoms with E-state index in [1.54, 1.807) is 19.3 Å². The summed E-state index contributed by atoms with van der Waals surface area (Å²) in [5, 5.41) is 3.89. The Morgan fingerprint density at radius 1 is 1.13 bits per heavy atom. The van der Waals surface area contributed by atoms with E-state index >= 15 is 0 Å². The SMILES string of the molecule is C=CCOc1cccc(/C=N\NC(=O)C(=O)N2CCN(c3ccccc3OC)CC2)c1. The molecule has 1 N–H and O–H groups in total. The van der Waals surface area contributed by atoms with Gasteiger partial charge in [-0.05, 0) is 29.8 Å². The Kier molecular flexibility index (Phi) is 7.64. The van der Waals surface area contributed by atoms with Crippen LogP contribution in [0.4, 0.5) is 5.69 Å². The number of piperazine rings is 1. The van der Waals surface area contributed by atoms with Crippen LogP contribution in [0.5, 0.6) is 11.5 Å². The van der Waals surface area contributed by atoms with Gasteiger partial charge in [0.05, 0.1) is 19.0 Å². The van der Waals surface area contributed by atoms with Crippen molar-refractivity contribution in [2.45, 2.75) is 0 Å². The lowest BCUT2D eigenvalue weighted by atomic mass is 10.2. The average Bonchev–Trinajstić information content (AvgIpc) is 2.82. The summed E-state index contributed by atoms with van der Waals surface area (Å²) in [5.41, 5.74) is 4.01. The van der Waals surface area contributed by atoms with Gasteiger partial charge < -0.3 is 19.3 Å². The molecule has 1 aliphatic heterocycles. The molecule has 2 aromatic carbocycles. The molecular weight excluding hydrogens is 396 g/mol. The first-order valence-corrected chi connectivity index (χ1v) is 9.96. The van der Waals surface area contributed by atoms with Crippen LogP contribution < -0.4 is 19.8 Å². The van der Waals surface area contributed by atoms with Crippen molar-refractivity contribution in [2.24, 2.45) is 5.10 Å². The van der Waals surface area contributed by atoms with E-state index < -0.39 is 11.8 Å². The highest BCUT2D eigenvalue weighted by Crippen LogP contribution is 2.28. The third-order valence-electron chi connectivity index (χ3n) is 4.79. The molecule has 3 rings (SSSR count). The molecule has 1 saturated heterocycles. The maximum absolute atomic E-state index is 12.4. The Hall–Kier alpha value is -3.81. The predicted octanol–water partition coefficient (Wildman–Crippen LogP) is 2.06. The third kappa shape index (κ3) is 5.85. The van der Waals surface area contributed by atoms with Crippen LogP contribution >= 0.6 is 0 Å². The largest absolute Gasteiger partial charge is 0.495 e. The molecule has 8 heteroatoms. The molecule has 1 heterocycles. The average molecular weight is 422 g/mol. The second-order valence-corrected chi connectivity index (χ2v) is 6.82. The van der Waals surface area contributed by atoms with Crippen molar-refractivity contribution in [3.63, 3.8) is 0 Å². The van der Waals surface area contributed by atoms with Crippen LogP contribution in [0, 0.1) is 0 Å². The normalized spacial score (nSPS) is 13.7. The third-order valence-corrected chi connectivity index (χ3v) is 4.79. The van der Waals surface area contributed by atoms with Gasteiger partial charge in [-0.2, -0.15) is 5.10 Å². The number of benzene rings is 2. The van der Waals surface area contributed by atoms with Gasteiger partial charge in [0.1, 0.15) is 18.1 Å². The van der Waals surface area contributed by atoms with Gasteiger partial charge in [0.15, 0.2) is 0 Å². The highest BCUT2D eigenvalue weighted by atomic mass is 16.5. The number of anilines is 1. The molecule has 8 nitrogen and oxygen atoms in total. The van der Waals surface area contributed by atoms with Crippen molar-refractivity contribution in [1.29, 1.82) is 0 Å². The number of hydrogen-bond donors (Lipinski definition) is 1. The van der Waals surface area contributed by atoms with E-state index in [0.29, 0.717) is 38.5 Å². The Morgan fingerprint density at radius 3 is 2.65 bits per heavy atom. The topological polar surface area (TPSA) is 83.5 Å². The lowest BCUT2D eigenvalue weighted by molar-refractivity contribution is -0.146. The molecule has 0 atom stereocenters. The van der Waals surface area contributed by atoms with Crippen molar-refractivity contribution in [3.05, 3.63) is 66.7 Å². The van der Waals surface area contributed by atoms with E-state index in [1.165, 1.54) is 11.1 Å². The number of nitrogens with zero attached hydrogens (tertiary/aromatic N) is 3. The summed E-state index contributed by atoms with van der Waals surface area (Å²) >= 11 is 0. The lowest BCUT2D eigenvalue weighted by Gasteiger charge is -2.36. The maximum atomic E-state index is 12.4. The molecule has 1 aliphatic rings. The first-order valence-electron chi connectivity index (χ1n) is 9.96. The summed E-state index contributed by atoms with van der Waals surface area (Å²) in [6.45, 7) is 6.11. The minimum absolute atomic E-state index is 0.399. The second kappa shape index (κ2) is 10.8. The standard InChI is InChI=1S/C23H26N4O4/c1-3-15-31-19-8-6-7-18(16-19)17-24-25-22(28)23(29)27-13-11-26(12-14-27)20-9-4-5-10-21(20)30-2/h3-10,16-17H,1,11-15H2,2H3,(H,25,28)/b24-17-. The smallest absolute Gasteiger partial charge is 0.329 e. The number of carbonyl (C=O) groups excluding carboxylic acids is 2. The molecule has 0 aromatic heterocycles. The van der Waals surface area contributed by atoms with Crippen molar-refractivity contribution in [2.75, 3.05) is 44.8 Å². The van der Waals surface area contributed by atoms with Crippen molar-refractivity contribution < 1.29 is 19.1 Å². The molecule has 0 radical (unpaired) electrons. The number of nitrogens with one attached hydrogen (secondary N) is 1. The summed E-state index contributed by atoms with van der Waals surface area (Å²) in [6, 6.07) is 15.0. The van der Waals surface area contributed by atoms with Gasteiger partial charge in [0, 0.05) is 26.2 Å². The molecule has 0 saturated carbocycles. The van der Waals surface area contributed by atoms with Crippen LogP contribution in [0.15, 0.2) is 66.3 Å². The number of hydrazone groups is 1. The highest BCUT2D eigenvalue weighted by Gasteiger charge is 2.26. The van der Waals surface area contributed by atoms with Gasteiger partial charge in [-0.15, -0.1) is 0 Å². The number of rotatable bonds is 7. The lowest BCUT2D eigenvalue weighted by Crippen LogP contribution is -2.52. The van der Waals surface area contributed by atoms with Gasteiger partial charge >= 0.3 is 11.8 Å². The first-order chi connectivity index (χ1) is 15.1. The fourth-order valence-corrected chi connectivity index (χ4v) is 3.24. The quantitative estimate of drug-likeness (QED) is 0.320. The Labute approximate surface area is 181 Å². The Morgan fingerprint density at radius 2 is 1.90 bits per heavy atom. The van der Waals surface area contributed by atoms with Crippen LogP contribution in [-0.2, 0) is 9.59 Å². The molecular formula is C23H26N4O4. The fourth-order valence-electron chi connectivity index (χ4n) is 3.24. The van der Waals surface area contributed by atoms with E-state index in [2.05, 4.69) is 22.0 Å². The Balaban J connectivity index is 1.50. The van der Waals surface area contributed by atoms with Gasteiger partial charge in [-0.25, -0.2) is 5.43 Å². The number of hydrogen-bond acceptors (Lipinski definition) is 6. The van der Waals surface area contributed by atoms with Gasteiger partial charge in [0.25, 0.3) is 0 Å². The molecule has 1 fully saturated rings. The minimum atomic E-state index is -0.763. The summed E-state index contributed by atoms with van der Waals surface area (Å²) in [4.78, 5) is 28.3. The minimum Gasteiger partial charge on any atom is -0.495 e. The van der Waals surface area contributed by atoms with E-state index in [1.807, 2.05) is 42.5 Å². The zero-order valence-corrected chi connectivity index (χ0v) is 17.5. The van der Waals surface area contributed by atoms with E-state index in [0.717, 1.165) is 17.0 Å². The molecule has 2 aromatic rings. The van der Waals surface area contributed by atoms with Gasteiger partial charge in [-0.1, -0.05) is 36.9 Å². The highest BCUT2D eigenvalue weighted by molar-refractivity contribution is 6.35.